The minimum Gasteiger partial charge on any atom is -0.478 e. The Bertz CT molecular complexity index is 1140. The van der Waals surface area contributed by atoms with Crippen LogP contribution in [0.4, 0.5) is 0 Å². The summed E-state index contributed by atoms with van der Waals surface area (Å²) in [7, 11) is 1.58. The SMILES string of the molecule is COC(COC(=O)C1=C(C)NC(C)=C(C(=O)O)C1c1cccc(-n2c(C)ccc2C)c1)C(C)C. The first-order valence-electron chi connectivity index (χ1n) is 11.4. The number of aromatic nitrogens is 1. The fourth-order valence-corrected chi connectivity index (χ4v) is 4.57. The zero-order valence-corrected chi connectivity index (χ0v) is 20.9. The topological polar surface area (TPSA) is 89.8 Å². The molecule has 0 saturated carbocycles. The molecule has 2 heterocycles. The highest BCUT2D eigenvalue weighted by Crippen LogP contribution is 2.39. The second-order valence-corrected chi connectivity index (χ2v) is 9.10. The lowest BCUT2D eigenvalue weighted by Gasteiger charge is -2.30. The lowest BCUT2D eigenvalue weighted by atomic mass is 9.80. The van der Waals surface area contributed by atoms with Crippen LogP contribution in [0.15, 0.2) is 58.9 Å². The lowest BCUT2D eigenvalue weighted by molar-refractivity contribution is -0.144. The molecule has 0 amide bonds. The number of rotatable bonds is 8. The van der Waals surface area contributed by atoms with E-state index >= 15 is 0 Å². The van der Waals surface area contributed by atoms with E-state index in [2.05, 4.69) is 9.88 Å². The Kier molecular flexibility index (Phi) is 7.67. The molecule has 1 aromatic heterocycles. The van der Waals surface area contributed by atoms with Crippen molar-refractivity contribution in [3.05, 3.63) is 75.9 Å². The number of ether oxygens (including phenoxy) is 2. The Labute approximate surface area is 201 Å². The third-order valence-corrected chi connectivity index (χ3v) is 6.37. The average molecular weight is 467 g/mol. The van der Waals surface area contributed by atoms with Gasteiger partial charge in [0.1, 0.15) is 6.61 Å². The van der Waals surface area contributed by atoms with Gasteiger partial charge in [-0.15, -0.1) is 0 Å². The Morgan fingerprint density at radius 1 is 1.03 bits per heavy atom. The number of allylic oxidation sites excluding steroid dienone is 2. The smallest absolute Gasteiger partial charge is 0.336 e. The third-order valence-electron chi connectivity index (χ3n) is 6.37. The number of carboxylic acids is 1. The van der Waals surface area contributed by atoms with Gasteiger partial charge in [0.05, 0.1) is 23.2 Å². The fourth-order valence-electron chi connectivity index (χ4n) is 4.57. The molecule has 2 N–H and O–H groups in total. The van der Waals surface area contributed by atoms with Crippen molar-refractivity contribution in [2.24, 2.45) is 5.92 Å². The first kappa shape index (κ1) is 25.3. The number of nitrogens with one attached hydrogen (secondary N) is 1. The molecule has 1 aliphatic rings. The maximum Gasteiger partial charge on any atom is 0.336 e. The summed E-state index contributed by atoms with van der Waals surface area (Å²) < 4.78 is 13.2. The van der Waals surface area contributed by atoms with E-state index in [9.17, 15) is 14.7 Å². The molecule has 1 aromatic carbocycles. The van der Waals surface area contributed by atoms with Crippen molar-refractivity contribution in [2.75, 3.05) is 13.7 Å². The fraction of sp³-hybridized carbons (Fsp3) is 0.407. The molecule has 0 spiro atoms. The van der Waals surface area contributed by atoms with Crippen LogP contribution in [-0.4, -0.2) is 41.4 Å². The molecule has 0 radical (unpaired) electrons. The number of carboxylic acid groups (broad SMARTS) is 1. The monoisotopic (exact) mass is 466 g/mol. The van der Waals surface area contributed by atoms with Crippen LogP contribution in [0, 0.1) is 19.8 Å². The van der Waals surface area contributed by atoms with Gasteiger partial charge in [-0.05, 0) is 63.4 Å². The van der Waals surface area contributed by atoms with Crippen molar-refractivity contribution in [1.29, 1.82) is 0 Å². The van der Waals surface area contributed by atoms with Crippen LogP contribution >= 0.6 is 0 Å². The quantitative estimate of drug-likeness (QED) is 0.552. The van der Waals surface area contributed by atoms with Crippen molar-refractivity contribution >= 4 is 11.9 Å². The summed E-state index contributed by atoms with van der Waals surface area (Å²) in [5.41, 5.74) is 5.25. The molecular formula is C27H34N2O5. The second-order valence-electron chi connectivity index (χ2n) is 9.10. The molecule has 7 nitrogen and oxygen atoms in total. The van der Waals surface area contributed by atoms with Crippen molar-refractivity contribution < 1.29 is 24.2 Å². The summed E-state index contributed by atoms with van der Waals surface area (Å²) in [6.45, 7) is 11.6. The molecule has 34 heavy (non-hydrogen) atoms. The first-order chi connectivity index (χ1) is 16.1. The molecule has 1 aliphatic heterocycles. The summed E-state index contributed by atoms with van der Waals surface area (Å²) in [6, 6.07) is 11.7. The van der Waals surface area contributed by atoms with E-state index in [0.29, 0.717) is 22.5 Å². The molecular weight excluding hydrogens is 432 g/mol. The van der Waals surface area contributed by atoms with Crippen molar-refractivity contribution in [1.82, 2.24) is 9.88 Å². The average Bonchev–Trinajstić information content (AvgIpc) is 3.10. The van der Waals surface area contributed by atoms with Crippen LogP contribution in [0.5, 0.6) is 0 Å². The Hall–Kier alpha value is -3.32. The van der Waals surface area contributed by atoms with E-state index in [0.717, 1.165) is 17.1 Å². The predicted molar refractivity (Wildman–Crippen MR) is 131 cm³/mol. The number of hydrogen-bond acceptors (Lipinski definition) is 5. The van der Waals surface area contributed by atoms with Gasteiger partial charge in [-0.3, -0.25) is 0 Å². The van der Waals surface area contributed by atoms with Crippen molar-refractivity contribution in [3.8, 4) is 5.69 Å². The van der Waals surface area contributed by atoms with Crippen LogP contribution in [0.25, 0.3) is 5.69 Å². The Balaban J connectivity index is 2.08. The summed E-state index contributed by atoms with van der Waals surface area (Å²) in [4.78, 5) is 25.7. The van der Waals surface area contributed by atoms with Gasteiger partial charge in [-0.1, -0.05) is 26.0 Å². The standard InChI is InChI=1S/C27H34N2O5/c1-15(2)22(33-7)14-34-27(32)24-19(6)28-18(5)23(26(30)31)25(24)20-9-8-10-21(13-20)29-16(3)11-12-17(29)4/h8-13,15,22,25,28H,14H2,1-7H3,(H,30,31). The van der Waals surface area contributed by atoms with Crippen molar-refractivity contribution in [2.45, 2.75) is 53.6 Å². The van der Waals surface area contributed by atoms with E-state index in [1.165, 1.54) is 0 Å². The van der Waals surface area contributed by atoms with Gasteiger partial charge in [-0.2, -0.15) is 0 Å². The van der Waals surface area contributed by atoms with Gasteiger partial charge in [-0.25, -0.2) is 9.59 Å². The van der Waals surface area contributed by atoms with E-state index in [4.69, 9.17) is 9.47 Å². The number of esters is 1. The van der Waals surface area contributed by atoms with Crippen LogP contribution in [0.1, 0.15) is 50.6 Å². The molecule has 0 fully saturated rings. The van der Waals surface area contributed by atoms with Gasteiger partial charge < -0.3 is 24.5 Å². The zero-order valence-electron chi connectivity index (χ0n) is 20.9. The Morgan fingerprint density at radius 2 is 1.65 bits per heavy atom. The number of benzene rings is 1. The van der Waals surface area contributed by atoms with Gasteiger partial charge in [0.2, 0.25) is 0 Å². The molecule has 2 aromatic rings. The number of dihydropyridines is 1. The number of aliphatic carboxylic acids is 1. The highest BCUT2D eigenvalue weighted by atomic mass is 16.6. The van der Waals surface area contributed by atoms with Crippen LogP contribution in [0.2, 0.25) is 0 Å². The lowest BCUT2D eigenvalue weighted by Crippen LogP contribution is -2.33. The van der Waals surface area contributed by atoms with Gasteiger partial charge in [0, 0.05) is 35.6 Å². The predicted octanol–water partition coefficient (Wildman–Crippen LogP) is 4.63. The minimum absolute atomic E-state index is 0.0867. The molecule has 182 valence electrons. The molecule has 2 unspecified atom stereocenters. The maximum absolute atomic E-state index is 13.3. The Morgan fingerprint density at radius 3 is 2.21 bits per heavy atom. The van der Waals surface area contributed by atoms with E-state index in [1.54, 1.807) is 21.0 Å². The van der Waals surface area contributed by atoms with Crippen LogP contribution in [-0.2, 0) is 19.1 Å². The molecule has 3 rings (SSSR count). The number of carbonyl (C=O) groups is 2. The number of methoxy groups -OCH3 is 1. The summed E-state index contributed by atoms with van der Waals surface area (Å²) in [5.74, 6) is -2.25. The van der Waals surface area contributed by atoms with E-state index in [1.807, 2.05) is 64.1 Å². The molecule has 7 heteroatoms. The maximum atomic E-state index is 13.3. The summed E-state index contributed by atoms with van der Waals surface area (Å²) in [5, 5.41) is 13.2. The minimum atomic E-state index is -1.08. The van der Waals surface area contributed by atoms with E-state index in [-0.39, 0.29) is 24.2 Å². The molecule has 0 saturated heterocycles. The molecule has 0 bridgehead atoms. The second kappa shape index (κ2) is 10.3. The molecule has 0 aliphatic carbocycles. The largest absolute Gasteiger partial charge is 0.478 e. The zero-order chi connectivity index (χ0) is 25.2. The van der Waals surface area contributed by atoms with Gasteiger partial charge in [0.15, 0.2) is 0 Å². The highest BCUT2D eigenvalue weighted by molar-refractivity contribution is 5.99. The number of aryl methyl sites for hydroxylation is 2. The van der Waals surface area contributed by atoms with E-state index < -0.39 is 17.9 Å². The van der Waals surface area contributed by atoms with Crippen LogP contribution in [0.3, 0.4) is 0 Å². The van der Waals surface area contributed by atoms with Crippen molar-refractivity contribution in [3.63, 3.8) is 0 Å². The summed E-state index contributed by atoms with van der Waals surface area (Å²) >= 11 is 0. The summed E-state index contributed by atoms with van der Waals surface area (Å²) in [6.07, 6.45) is -0.251. The molecule has 2 atom stereocenters. The number of carbonyl (C=O) groups excluding carboxylic acids is 1. The highest BCUT2D eigenvalue weighted by Gasteiger charge is 2.37. The number of hydrogen-bond donors (Lipinski definition) is 2. The van der Waals surface area contributed by atoms with Gasteiger partial charge in [0.25, 0.3) is 0 Å². The first-order valence-corrected chi connectivity index (χ1v) is 11.4. The normalized spacial score (nSPS) is 17.1. The van der Waals surface area contributed by atoms with Crippen LogP contribution < -0.4 is 5.32 Å². The third kappa shape index (κ3) is 4.94. The number of nitrogens with zero attached hydrogens (tertiary/aromatic N) is 1. The van der Waals surface area contributed by atoms with Gasteiger partial charge >= 0.3 is 11.9 Å².